The molecule has 0 aliphatic rings. The van der Waals surface area contributed by atoms with Crippen molar-refractivity contribution < 1.29 is 50.4 Å². The second-order valence-electron chi connectivity index (χ2n) is 5.15. The molecule has 0 aromatic rings. The molecular formula is C16H32NdO2. The van der Waals surface area contributed by atoms with Crippen molar-refractivity contribution in [3.63, 3.8) is 0 Å². The Labute approximate surface area is 153 Å². The van der Waals surface area contributed by atoms with E-state index in [0.717, 1.165) is 12.8 Å². The molecule has 0 aromatic heterocycles. The largest absolute Gasteiger partial charge is 0.466 e. The van der Waals surface area contributed by atoms with Gasteiger partial charge in [0.05, 0.1) is 6.61 Å². The SMILES string of the molecule is CCCCCCCCCC(=O)OCCCCCC.[Nd]. The van der Waals surface area contributed by atoms with Crippen LogP contribution in [0.15, 0.2) is 0 Å². The average Bonchev–Trinajstić information content (AvgIpc) is 2.37. The molecule has 0 spiro atoms. The van der Waals surface area contributed by atoms with Crippen LogP contribution in [0.1, 0.15) is 90.9 Å². The van der Waals surface area contributed by atoms with Gasteiger partial charge in [0.25, 0.3) is 0 Å². The van der Waals surface area contributed by atoms with E-state index >= 15 is 0 Å². The first-order valence-corrected chi connectivity index (χ1v) is 7.96. The van der Waals surface area contributed by atoms with Gasteiger partial charge in [-0.3, -0.25) is 4.79 Å². The van der Waals surface area contributed by atoms with E-state index in [1.54, 1.807) is 0 Å². The van der Waals surface area contributed by atoms with Gasteiger partial charge in [0, 0.05) is 47.3 Å². The summed E-state index contributed by atoms with van der Waals surface area (Å²) in [5, 5.41) is 0. The van der Waals surface area contributed by atoms with Crippen molar-refractivity contribution in [3.8, 4) is 0 Å². The Balaban J connectivity index is 0. The number of carbonyl (C=O) groups excluding carboxylic acids is 1. The van der Waals surface area contributed by atoms with E-state index in [-0.39, 0.29) is 46.8 Å². The van der Waals surface area contributed by atoms with Gasteiger partial charge < -0.3 is 4.74 Å². The fourth-order valence-corrected chi connectivity index (χ4v) is 2.01. The summed E-state index contributed by atoms with van der Waals surface area (Å²) in [4.78, 5) is 11.4. The number of carbonyl (C=O) groups is 1. The van der Waals surface area contributed by atoms with Gasteiger partial charge in [-0.1, -0.05) is 71.6 Å². The Morgan fingerprint density at radius 3 is 1.79 bits per heavy atom. The van der Waals surface area contributed by atoms with Gasteiger partial charge in [-0.25, -0.2) is 0 Å². The molecule has 0 rings (SSSR count). The van der Waals surface area contributed by atoms with E-state index in [9.17, 15) is 4.79 Å². The van der Waals surface area contributed by atoms with Crippen LogP contribution in [0, 0.1) is 40.8 Å². The zero-order valence-corrected chi connectivity index (χ0v) is 16.2. The molecule has 19 heavy (non-hydrogen) atoms. The molecule has 2 nitrogen and oxygen atoms in total. The third-order valence-corrected chi connectivity index (χ3v) is 3.25. The molecule has 0 N–H and O–H groups in total. The molecule has 0 aliphatic carbocycles. The minimum absolute atomic E-state index is 0. The Kier molecular flexibility index (Phi) is 21.9. The molecule has 0 atom stereocenters. The van der Waals surface area contributed by atoms with Crippen LogP contribution in [0.4, 0.5) is 0 Å². The zero-order chi connectivity index (χ0) is 13.5. The van der Waals surface area contributed by atoms with E-state index in [1.165, 1.54) is 57.8 Å². The molecule has 0 bridgehead atoms. The fraction of sp³-hybridized carbons (Fsp3) is 0.938. The molecule has 3 heteroatoms. The summed E-state index contributed by atoms with van der Waals surface area (Å²) in [6.45, 7) is 5.04. The zero-order valence-electron chi connectivity index (χ0n) is 13.0. The van der Waals surface area contributed by atoms with Crippen LogP contribution >= 0.6 is 0 Å². The molecule has 0 saturated carbocycles. The second-order valence-corrected chi connectivity index (χ2v) is 5.15. The van der Waals surface area contributed by atoms with Crippen LogP contribution in [0.2, 0.25) is 0 Å². The molecule has 0 amide bonds. The number of rotatable bonds is 13. The van der Waals surface area contributed by atoms with E-state index in [0.29, 0.717) is 13.0 Å². The van der Waals surface area contributed by atoms with Crippen molar-refractivity contribution in [2.45, 2.75) is 90.9 Å². The number of esters is 1. The smallest absolute Gasteiger partial charge is 0.305 e. The van der Waals surface area contributed by atoms with Crippen LogP contribution in [0.3, 0.4) is 0 Å². The molecule has 0 fully saturated rings. The monoisotopic (exact) mass is 398 g/mol. The number of hydrogen-bond donors (Lipinski definition) is 0. The molecular weight excluding hydrogens is 368 g/mol. The van der Waals surface area contributed by atoms with Crippen molar-refractivity contribution in [1.82, 2.24) is 0 Å². The Morgan fingerprint density at radius 2 is 1.21 bits per heavy atom. The van der Waals surface area contributed by atoms with Gasteiger partial charge in [0.1, 0.15) is 0 Å². The first-order chi connectivity index (χ1) is 8.81. The maximum absolute atomic E-state index is 11.4. The Morgan fingerprint density at radius 1 is 0.737 bits per heavy atom. The fourth-order valence-electron chi connectivity index (χ4n) is 2.01. The predicted octanol–water partition coefficient (Wildman–Crippen LogP) is 5.25. The van der Waals surface area contributed by atoms with Crippen LogP contribution in [-0.4, -0.2) is 12.6 Å². The quantitative estimate of drug-likeness (QED) is 0.312. The third-order valence-electron chi connectivity index (χ3n) is 3.25. The molecule has 0 heterocycles. The van der Waals surface area contributed by atoms with Crippen LogP contribution in [-0.2, 0) is 9.53 Å². The van der Waals surface area contributed by atoms with Crippen LogP contribution < -0.4 is 0 Å². The maximum atomic E-state index is 11.4. The Hall–Kier alpha value is 0.821. The van der Waals surface area contributed by atoms with Gasteiger partial charge >= 0.3 is 5.97 Å². The van der Waals surface area contributed by atoms with Crippen molar-refractivity contribution >= 4 is 5.97 Å². The molecule has 0 aliphatic heterocycles. The van der Waals surface area contributed by atoms with Gasteiger partial charge in [-0.05, 0) is 12.8 Å². The van der Waals surface area contributed by atoms with E-state index in [2.05, 4.69) is 13.8 Å². The normalized spacial score (nSPS) is 10.0. The molecule has 0 aromatic carbocycles. The number of hydrogen-bond acceptors (Lipinski definition) is 2. The van der Waals surface area contributed by atoms with Crippen molar-refractivity contribution in [2.75, 3.05) is 6.61 Å². The van der Waals surface area contributed by atoms with E-state index in [4.69, 9.17) is 4.74 Å². The van der Waals surface area contributed by atoms with Gasteiger partial charge in [0.15, 0.2) is 0 Å². The predicted molar refractivity (Wildman–Crippen MR) is 77.7 cm³/mol. The first kappa shape index (κ1) is 22.1. The second kappa shape index (κ2) is 18.8. The molecule has 0 radical (unpaired) electrons. The summed E-state index contributed by atoms with van der Waals surface area (Å²) < 4.78 is 5.19. The van der Waals surface area contributed by atoms with Gasteiger partial charge in [0.2, 0.25) is 0 Å². The minimum Gasteiger partial charge on any atom is -0.466 e. The third kappa shape index (κ3) is 18.8. The van der Waals surface area contributed by atoms with E-state index in [1.807, 2.05) is 0 Å². The summed E-state index contributed by atoms with van der Waals surface area (Å²) in [5.74, 6) is 0.0000525. The van der Waals surface area contributed by atoms with Crippen LogP contribution in [0.5, 0.6) is 0 Å². The van der Waals surface area contributed by atoms with Gasteiger partial charge in [-0.2, -0.15) is 0 Å². The van der Waals surface area contributed by atoms with Crippen molar-refractivity contribution in [2.24, 2.45) is 0 Å². The standard InChI is InChI=1S/C16H32O2.Nd/c1-3-5-7-9-10-11-12-14-16(17)18-15-13-8-6-4-2;/h3-15H2,1-2H3;. The average molecular weight is 401 g/mol. The Bertz CT molecular complexity index is 184. The summed E-state index contributed by atoms with van der Waals surface area (Å²) in [6.07, 6.45) is 14.0. The molecule has 0 unspecified atom stereocenters. The summed E-state index contributed by atoms with van der Waals surface area (Å²) in [6, 6.07) is 0. The number of ether oxygens (including phenoxy) is 1. The number of unbranched alkanes of at least 4 members (excludes halogenated alkanes) is 9. The van der Waals surface area contributed by atoms with Crippen LogP contribution in [0.25, 0.3) is 0 Å². The summed E-state index contributed by atoms with van der Waals surface area (Å²) in [7, 11) is 0. The minimum atomic E-state index is 0. The van der Waals surface area contributed by atoms with Gasteiger partial charge in [-0.15, -0.1) is 0 Å². The summed E-state index contributed by atoms with van der Waals surface area (Å²) >= 11 is 0. The van der Waals surface area contributed by atoms with Crippen molar-refractivity contribution in [3.05, 3.63) is 0 Å². The van der Waals surface area contributed by atoms with E-state index < -0.39 is 0 Å². The topological polar surface area (TPSA) is 26.3 Å². The molecule has 112 valence electrons. The maximum Gasteiger partial charge on any atom is 0.305 e. The van der Waals surface area contributed by atoms with Crippen molar-refractivity contribution in [1.29, 1.82) is 0 Å². The first-order valence-electron chi connectivity index (χ1n) is 7.96. The summed E-state index contributed by atoms with van der Waals surface area (Å²) in [5.41, 5.74) is 0. The molecule has 0 saturated heterocycles.